The molecule has 0 aromatic heterocycles. The van der Waals surface area contributed by atoms with Crippen LogP contribution >= 0.6 is 24.8 Å². The van der Waals surface area contributed by atoms with E-state index in [4.69, 9.17) is 5.73 Å². The van der Waals surface area contributed by atoms with Crippen molar-refractivity contribution in [3.63, 3.8) is 0 Å². The molecule has 2 rings (SSSR count). The molecular formula is C17H35Cl2N3O. The number of carbonyl (C=O) groups excluding carboxylic acids is 1. The quantitative estimate of drug-likeness (QED) is 0.616. The fourth-order valence-electron chi connectivity index (χ4n) is 4.32. The van der Waals surface area contributed by atoms with Crippen molar-refractivity contribution in [2.75, 3.05) is 26.2 Å². The summed E-state index contributed by atoms with van der Waals surface area (Å²) >= 11 is 0. The lowest BCUT2D eigenvalue weighted by Crippen LogP contribution is -2.45. The summed E-state index contributed by atoms with van der Waals surface area (Å²) in [4.78, 5) is 14.8. The Morgan fingerprint density at radius 1 is 1.09 bits per heavy atom. The summed E-state index contributed by atoms with van der Waals surface area (Å²) in [5, 5.41) is 3.13. The van der Waals surface area contributed by atoms with Gasteiger partial charge in [0.05, 0.1) is 5.92 Å². The van der Waals surface area contributed by atoms with Gasteiger partial charge in [0.1, 0.15) is 0 Å². The number of amides is 1. The maximum atomic E-state index is 12.3. The van der Waals surface area contributed by atoms with Crippen LogP contribution in [0, 0.1) is 17.8 Å². The van der Waals surface area contributed by atoms with Crippen molar-refractivity contribution >= 4 is 30.7 Å². The summed E-state index contributed by atoms with van der Waals surface area (Å²) < 4.78 is 0. The van der Waals surface area contributed by atoms with E-state index in [1.54, 1.807) is 0 Å². The fourth-order valence-corrected chi connectivity index (χ4v) is 4.32. The second-order valence-corrected chi connectivity index (χ2v) is 6.92. The highest BCUT2D eigenvalue weighted by atomic mass is 35.5. The molecule has 0 heterocycles. The normalized spacial score (nSPS) is 28.3. The van der Waals surface area contributed by atoms with Gasteiger partial charge in [-0.2, -0.15) is 0 Å². The molecule has 3 N–H and O–H groups in total. The van der Waals surface area contributed by atoms with E-state index in [2.05, 4.69) is 24.1 Å². The monoisotopic (exact) mass is 367 g/mol. The van der Waals surface area contributed by atoms with Gasteiger partial charge in [-0.25, -0.2) is 0 Å². The standard InChI is InChI=1S/C17H33N3O.2ClH/c1-3-9-20(10-4-2)11-5-8-19-17(21)15-13-6-7-14(12-13)16(15)18;;/h13-16H,3-12,18H2,1-2H3,(H,19,21);2*1H. The van der Waals surface area contributed by atoms with Crippen molar-refractivity contribution in [2.45, 2.75) is 58.4 Å². The predicted molar refractivity (Wildman–Crippen MR) is 101 cm³/mol. The molecule has 4 nitrogen and oxygen atoms in total. The van der Waals surface area contributed by atoms with Crippen LogP contribution in [0.25, 0.3) is 0 Å². The van der Waals surface area contributed by atoms with Crippen LogP contribution in [0.3, 0.4) is 0 Å². The van der Waals surface area contributed by atoms with Crippen LogP contribution in [-0.4, -0.2) is 43.0 Å². The number of hydrogen-bond donors (Lipinski definition) is 2. The molecule has 6 heteroatoms. The second kappa shape index (κ2) is 11.5. The van der Waals surface area contributed by atoms with Crippen LogP contribution in [0.15, 0.2) is 0 Å². The Bertz CT molecular complexity index is 336. The highest BCUT2D eigenvalue weighted by Crippen LogP contribution is 2.47. The van der Waals surface area contributed by atoms with E-state index in [0.29, 0.717) is 11.8 Å². The number of nitrogens with zero attached hydrogens (tertiary/aromatic N) is 1. The average molecular weight is 368 g/mol. The third kappa shape index (κ3) is 6.08. The van der Waals surface area contributed by atoms with Crippen LogP contribution in [0.1, 0.15) is 52.4 Å². The molecule has 0 aromatic rings. The number of nitrogens with one attached hydrogen (secondary N) is 1. The summed E-state index contributed by atoms with van der Waals surface area (Å²) in [6.45, 7) is 8.66. The van der Waals surface area contributed by atoms with E-state index < -0.39 is 0 Å². The van der Waals surface area contributed by atoms with E-state index in [9.17, 15) is 4.79 Å². The summed E-state index contributed by atoms with van der Waals surface area (Å²) in [6, 6.07) is 0.112. The third-order valence-corrected chi connectivity index (χ3v) is 5.31. The van der Waals surface area contributed by atoms with Crippen LogP contribution in [0.5, 0.6) is 0 Å². The Balaban J connectivity index is 0.00000242. The van der Waals surface area contributed by atoms with Crippen molar-refractivity contribution in [1.29, 1.82) is 0 Å². The maximum Gasteiger partial charge on any atom is 0.224 e. The summed E-state index contributed by atoms with van der Waals surface area (Å²) in [6.07, 6.45) is 7.07. The molecule has 23 heavy (non-hydrogen) atoms. The van der Waals surface area contributed by atoms with Gasteiger partial charge < -0.3 is 16.0 Å². The first-order valence-electron chi connectivity index (χ1n) is 8.93. The lowest BCUT2D eigenvalue weighted by Gasteiger charge is -2.27. The first kappa shape index (κ1) is 23.0. The molecule has 2 saturated carbocycles. The topological polar surface area (TPSA) is 58.4 Å². The van der Waals surface area contributed by atoms with Gasteiger partial charge in [0, 0.05) is 12.6 Å². The molecule has 2 bridgehead atoms. The van der Waals surface area contributed by atoms with Gasteiger partial charge >= 0.3 is 0 Å². The molecule has 0 aromatic carbocycles. The lowest BCUT2D eigenvalue weighted by atomic mass is 9.84. The van der Waals surface area contributed by atoms with E-state index in [0.717, 1.165) is 19.5 Å². The van der Waals surface area contributed by atoms with Gasteiger partial charge in [-0.15, -0.1) is 24.8 Å². The average Bonchev–Trinajstić information content (AvgIpc) is 3.04. The van der Waals surface area contributed by atoms with Crippen LogP contribution in [0.2, 0.25) is 0 Å². The van der Waals surface area contributed by atoms with Crippen LogP contribution < -0.4 is 11.1 Å². The Morgan fingerprint density at radius 3 is 2.22 bits per heavy atom. The molecule has 0 radical (unpaired) electrons. The van der Waals surface area contributed by atoms with Crippen LogP contribution in [0.4, 0.5) is 0 Å². The first-order chi connectivity index (χ1) is 10.2. The van der Waals surface area contributed by atoms with Crippen molar-refractivity contribution in [2.24, 2.45) is 23.5 Å². The van der Waals surface area contributed by atoms with Gasteiger partial charge in [-0.05, 0) is 70.0 Å². The van der Waals surface area contributed by atoms with Gasteiger partial charge in [0.15, 0.2) is 0 Å². The number of carbonyl (C=O) groups is 1. The molecule has 4 unspecified atom stereocenters. The molecule has 1 amide bonds. The van der Waals surface area contributed by atoms with E-state index >= 15 is 0 Å². The first-order valence-corrected chi connectivity index (χ1v) is 8.93. The van der Waals surface area contributed by atoms with E-state index in [-0.39, 0.29) is 42.7 Å². The smallest absolute Gasteiger partial charge is 0.224 e. The lowest BCUT2D eigenvalue weighted by molar-refractivity contribution is -0.127. The van der Waals surface area contributed by atoms with Gasteiger partial charge in [-0.1, -0.05) is 13.8 Å². The molecule has 0 aliphatic heterocycles. The maximum absolute atomic E-state index is 12.3. The zero-order valence-corrected chi connectivity index (χ0v) is 16.3. The van der Waals surface area contributed by atoms with Crippen molar-refractivity contribution < 1.29 is 4.79 Å². The minimum Gasteiger partial charge on any atom is -0.356 e. The van der Waals surface area contributed by atoms with Gasteiger partial charge in [0.25, 0.3) is 0 Å². The largest absolute Gasteiger partial charge is 0.356 e. The van der Waals surface area contributed by atoms with E-state index in [1.165, 1.54) is 45.2 Å². The highest BCUT2D eigenvalue weighted by Gasteiger charge is 2.48. The minimum atomic E-state index is 0. The predicted octanol–water partition coefficient (Wildman–Crippen LogP) is 2.83. The number of halogens is 2. The minimum absolute atomic E-state index is 0. The third-order valence-electron chi connectivity index (χ3n) is 5.31. The zero-order chi connectivity index (χ0) is 15.2. The molecule has 0 spiro atoms. The molecule has 2 aliphatic rings. The van der Waals surface area contributed by atoms with Gasteiger partial charge in [0.2, 0.25) is 5.91 Å². The Morgan fingerprint density at radius 2 is 1.70 bits per heavy atom. The van der Waals surface area contributed by atoms with Crippen molar-refractivity contribution in [1.82, 2.24) is 10.2 Å². The Kier molecular flexibility index (Phi) is 11.5. The Labute approximate surface area is 154 Å². The number of fused-ring (bicyclic) bond motifs is 2. The second-order valence-electron chi connectivity index (χ2n) is 6.92. The zero-order valence-electron chi connectivity index (χ0n) is 14.6. The number of hydrogen-bond acceptors (Lipinski definition) is 3. The summed E-state index contributed by atoms with van der Waals surface area (Å²) in [5.41, 5.74) is 6.23. The van der Waals surface area contributed by atoms with Crippen molar-refractivity contribution in [3.05, 3.63) is 0 Å². The number of rotatable bonds is 9. The summed E-state index contributed by atoms with van der Waals surface area (Å²) in [5.74, 6) is 1.47. The molecular weight excluding hydrogens is 333 g/mol. The Hall–Kier alpha value is -0.0300. The molecule has 2 aliphatic carbocycles. The SMILES string of the molecule is CCCN(CCC)CCCNC(=O)C1C2CCC(C2)C1N.Cl.Cl. The highest BCUT2D eigenvalue weighted by molar-refractivity contribution is 5.85. The molecule has 0 saturated heterocycles. The van der Waals surface area contributed by atoms with Crippen LogP contribution in [-0.2, 0) is 4.79 Å². The molecule has 138 valence electrons. The molecule has 4 atom stereocenters. The van der Waals surface area contributed by atoms with E-state index in [1.807, 2.05) is 0 Å². The fraction of sp³-hybridized carbons (Fsp3) is 0.941. The van der Waals surface area contributed by atoms with Gasteiger partial charge in [-0.3, -0.25) is 4.79 Å². The summed E-state index contributed by atoms with van der Waals surface area (Å²) in [7, 11) is 0. The molecule has 2 fully saturated rings. The number of nitrogens with two attached hydrogens (primary N) is 1. The van der Waals surface area contributed by atoms with Crippen molar-refractivity contribution in [3.8, 4) is 0 Å².